The van der Waals surface area contributed by atoms with Gasteiger partial charge in [0.25, 0.3) is 0 Å². The number of nitrogens with zero attached hydrogens (tertiary/aromatic N) is 1. The normalized spacial score (nSPS) is 17.0. The summed E-state index contributed by atoms with van der Waals surface area (Å²) in [5.74, 6) is 1.19. The van der Waals surface area contributed by atoms with E-state index < -0.39 is 0 Å². The van der Waals surface area contributed by atoms with Gasteiger partial charge < -0.3 is 24.1 Å². The van der Waals surface area contributed by atoms with Gasteiger partial charge in [-0.15, -0.1) is 0 Å². The second-order valence-electron chi connectivity index (χ2n) is 7.04. The Morgan fingerprint density at radius 3 is 2.64 bits per heavy atom. The summed E-state index contributed by atoms with van der Waals surface area (Å²) in [5.41, 5.74) is 2.52. The maximum atomic E-state index is 12.7. The van der Waals surface area contributed by atoms with Crippen LogP contribution in [0.1, 0.15) is 6.92 Å². The third-order valence-corrected chi connectivity index (χ3v) is 5.15. The van der Waals surface area contributed by atoms with E-state index in [0.29, 0.717) is 28.7 Å². The Hall–Kier alpha value is -2.99. The maximum Gasteiger partial charge on any atom is 0.344 e. The predicted octanol–water partition coefficient (Wildman–Crippen LogP) is 3.28. The van der Waals surface area contributed by atoms with Crippen LogP contribution in [0.15, 0.2) is 51.7 Å². The van der Waals surface area contributed by atoms with Gasteiger partial charge in [0.1, 0.15) is 5.58 Å². The molecule has 1 aliphatic rings. The lowest BCUT2D eigenvalue weighted by molar-refractivity contribution is 0.355. The molecule has 1 saturated heterocycles. The summed E-state index contributed by atoms with van der Waals surface area (Å²) < 4.78 is 16.3. The van der Waals surface area contributed by atoms with Crippen molar-refractivity contribution >= 4 is 16.7 Å². The Morgan fingerprint density at radius 2 is 1.89 bits per heavy atom. The molecule has 3 aromatic rings. The molecule has 1 fully saturated rings. The number of benzene rings is 2. The van der Waals surface area contributed by atoms with Crippen LogP contribution >= 0.6 is 0 Å². The number of hydrogen-bond donors (Lipinski definition) is 1. The van der Waals surface area contributed by atoms with E-state index in [1.54, 1.807) is 26.4 Å². The fraction of sp³-hybridized carbons (Fsp3) is 0.318. The molecule has 0 bridgehead atoms. The number of methoxy groups -OCH3 is 2. The first-order valence-electron chi connectivity index (χ1n) is 9.37. The molecule has 6 heteroatoms. The summed E-state index contributed by atoms with van der Waals surface area (Å²) in [6.45, 7) is 4.98. The first-order chi connectivity index (χ1) is 13.6. The van der Waals surface area contributed by atoms with Gasteiger partial charge in [-0.1, -0.05) is 6.07 Å². The topological polar surface area (TPSA) is 63.9 Å². The van der Waals surface area contributed by atoms with Gasteiger partial charge in [-0.05, 0) is 42.8 Å². The number of anilines is 1. The highest BCUT2D eigenvalue weighted by molar-refractivity contribution is 5.84. The van der Waals surface area contributed by atoms with Crippen LogP contribution in [0.25, 0.3) is 22.1 Å². The number of piperazine rings is 1. The Bertz CT molecular complexity index is 1060. The van der Waals surface area contributed by atoms with Crippen LogP contribution in [-0.2, 0) is 0 Å². The van der Waals surface area contributed by atoms with E-state index >= 15 is 0 Å². The molecular formula is C22H24N2O4. The summed E-state index contributed by atoms with van der Waals surface area (Å²) in [6.07, 6.45) is 0. The van der Waals surface area contributed by atoms with Crippen molar-refractivity contribution in [2.24, 2.45) is 0 Å². The lowest BCUT2D eigenvalue weighted by Gasteiger charge is -2.33. The Balaban J connectivity index is 1.73. The van der Waals surface area contributed by atoms with Gasteiger partial charge in [0.15, 0.2) is 11.5 Å². The SMILES string of the molecule is COc1ccc(-c2cc3ccc(N4CCN[C@H](C)C4)cc3oc2=O)cc1OC. The fourth-order valence-corrected chi connectivity index (χ4v) is 3.67. The number of hydrogen-bond acceptors (Lipinski definition) is 6. The average Bonchev–Trinajstić information content (AvgIpc) is 2.72. The van der Waals surface area contributed by atoms with Crippen LogP contribution in [0, 0.1) is 0 Å². The monoisotopic (exact) mass is 380 g/mol. The number of fused-ring (bicyclic) bond motifs is 1. The van der Waals surface area contributed by atoms with Crippen LogP contribution in [0.5, 0.6) is 11.5 Å². The summed E-state index contributed by atoms with van der Waals surface area (Å²) in [5, 5.41) is 4.32. The summed E-state index contributed by atoms with van der Waals surface area (Å²) in [4.78, 5) is 15.0. The minimum Gasteiger partial charge on any atom is -0.493 e. The van der Waals surface area contributed by atoms with E-state index in [0.717, 1.165) is 36.3 Å². The van der Waals surface area contributed by atoms with Crippen molar-refractivity contribution in [3.63, 3.8) is 0 Å². The molecule has 1 N–H and O–H groups in total. The first kappa shape index (κ1) is 18.4. The zero-order valence-corrected chi connectivity index (χ0v) is 16.3. The van der Waals surface area contributed by atoms with E-state index in [1.165, 1.54) is 0 Å². The molecule has 2 heterocycles. The molecule has 0 amide bonds. The lowest BCUT2D eigenvalue weighted by atomic mass is 10.0. The smallest absolute Gasteiger partial charge is 0.344 e. The highest BCUT2D eigenvalue weighted by Gasteiger charge is 2.17. The zero-order valence-electron chi connectivity index (χ0n) is 16.3. The first-order valence-corrected chi connectivity index (χ1v) is 9.37. The van der Waals surface area contributed by atoms with Crippen molar-refractivity contribution in [1.82, 2.24) is 5.32 Å². The molecule has 146 valence electrons. The molecule has 0 spiro atoms. The van der Waals surface area contributed by atoms with E-state index in [-0.39, 0.29) is 5.63 Å². The van der Waals surface area contributed by atoms with Gasteiger partial charge in [0.05, 0.1) is 19.8 Å². The minimum atomic E-state index is -0.370. The summed E-state index contributed by atoms with van der Waals surface area (Å²) in [6, 6.07) is 13.7. The Labute approximate surface area is 163 Å². The van der Waals surface area contributed by atoms with Crippen LogP contribution in [0.4, 0.5) is 5.69 Å². The number of ether oxygens (including phenoxy) is 2. The van der Waals surface area contributed by atoms with Crippen molar-refractivity contribution in [2.45, 2.75) is 13.0 Å². The van der Waals surface area contributed by atoms with Gasteiger partial charge >= 0.3 is 5.63 Å². The van der Waals surface area contributed by atoms with Crippen molar-refractivity contribution in [1.29, 1.82) is 0 Å². The molecule has 28 heavy (non-hydrogen) atoms. The van der Waals surface area contributed by atoms with Crippen LogP contribution in [-0.4, -0.2) is 39.9 Å². The van der Waals surface area contributed by atoms with E-state index in [1.807, 2.05) is 24.3 Å². The molecule has 1 aromatic heterocycles. The highest BCUT2D eigenvalue weighted by atomic mass is 16.5. The van der Waals surface area contributed by atoms with E-state index in [2.05, 4.69) is 23.2 Å². The fourth-order valence-electron chi connectivity index (χ4n) is 3.67. The standard InChI is InChI=1S/C22H24N2O4/c1-14-13-24(9-8-23-14)17-6-4-16-10-18(22(25)28-20(16)12-17)15-5-7-19(26-2)21(11-15)27-3/h4-7,10-12,14,23H,8-9,13H2,1-3H3/t14-/m1/s1. The van der Waals surface area contributed by atoms with Crippen molar-refractivity contribution in [3.8, 4) is 22.6 Å². The van der Waals surface area contributed by atoms with Gasteiger partial charge in [0.2, 0.25) is 0 Å². The molecular weight excluding hydrogens is 356 g/mol. The molecule has 0 radical (unpaired) electrons. The zero-order chi connectivity index (χ0) is 19.7. The van der Waals surface area contributed by atoms with Gasteiger partial charge in [-0.25, -0.2) is 4.79 Å². The molecule has 2 aromatic carbocycles. The van der Waals surface area contributed by atoms with Crippen LogP contribution in [0.2, 0.25) is 0 Å². The third-order valence-electron chi connectivity index (χ3n) is 5.15. The maximum absolute atomic E-state index is 12.7. The average molecular weight is 380 g/mol. The van der Waals surface area contributed by atoms with E-state index in [9.17, 15) is 4.79 Å². The van der Waals surface area contributed by atoms with Crippen molar-refractivity contribution in [2.75, 3.05) is 38.8 Å². The molecule has 0 aliphatic carbocycles. The Morgan fingerprint density at radius 1 is 1.07 bits per heavy atom. The van der Waals surface area contributed by atoms with Gasteiger partial charge in [-0.3, -0.25) is 0 Å². The van der Waals surface area contributed by atoms with Crippen molar-refractivity contribution in [3.05, 3.63) is 52.9 Å². The van der Waals surface area contributed by atoms with Gasteiger partial charge in [0, 0.05) is 42.8 Å². The van der Waals surface area contributed by atoms with Crippen molar-refractivity contribution < 1.29 is 13.9 Å². The molecule has 1 atom stereocenters. The molecule has 6 nitrogen and oxygen atoms in total. The lowest BCUT2D eigenvalue weighted by Crippen LogP contribution is -2.49. The summed E-state index contributed by atoms with van der Waals surface area (Å²) >= 11 is 0. The number of nitrogens with one attached hydrogen (secondary N) is 1. The highest BCUT2D eigenvalue weighted by Crippen LogP contribution is 2.32. The largest absolute Gasteiger partial charge is 0.493 e. The van der Waals surface area contributed by atoms with Gasteiger partial charge in [-0.2, -0.15) is 0 Å². The molecule has 0 unspecified atom stereocenters. The predicted molar refractivity (Wildman–Crippen MR) is 111 cm³/mol. The molecule has 0 saturated carbocycles. The minimum absolute atomic E-state index is 0.370. The second kappa shape index (κ2) is 7.56. The summed E-state index contributed by atoms with van der Waals surface area (Å²) in [7, 11) is 3.15. The molecule has 4 rings (SSSR count). The van der Waals surface area contributed by atoms with Crippen LogP contribution < -0.4 is 25.3 Å². The quantitative estimate of drug-likeness (QED) is 0.701. The Kier molecular flexibility index (Phi) is 4.96. The van der Waals surface area contributed by atoms with E-state index in [4.69, 9.17) is 13.9 Å². The third kappa shape index (κ3) is 3.43. The van der Waals surface area contributed by atoms with Crippen LogP contribution in [0.3, 0.4) is 0 Å². The second-order valence-corrected chi connectivity index (χ2v) is 7.04. The molecule has 1 aliphatic heterocycles. The number of rotatable bonds is 4.